The smallest absolute Gasteiger partial charge is 0.414 e. The molecule has 156 valence electrons. The van der Waals surface area contributed by atoms with Gasteiger partial charge in [-0.1, -0.05) is 0 Å². The maximum atomic E-state index is 12.8. The number of carbonyl (C=O) groups is 4. The van der Waals surface area contributed by atoms with E-state index >= 15 is 0 Å². The molecule has 0 aromatic carbocycles. The average molecular weight is 398 g/mol. The summed E-state index contributed by atoms with van der Waals surface area (Å²) in [6.45, 7) is 6.96. The van der Waals surface area contributed by atoms with Crippen LogP contribution in [-0.4, -0.2) is 75.3 Å². The Morgan fingerprint density at radius 1 is 1.18 bits per heavy atom. The number of aliphatic carboxylic acids is 2. The highest BCUT2D eigenvalue weighted by Crippen LogP contribution is 2.37. The van der Waals surface area contributed by atoms with E-state index in [2.05, 4.69) is 15.6 Å². The second kappa shape index (κ2) is 8.13. The molecule has 4 N–H and O–H groups in total. The van der Waals surface area contributed by atoms with Crippen LogP contribution >= 0.6 is 0 Å². The third-order valence-corrected chi connectivity index (χ3v) is 4.30. The number of nitrogens with one attached hydrogen (secondary N) is 2. The Labute approximate surface area is 162 Å². The summed E-state index contributed by atoms with van der Waals surface area (Å²) in [5.74, 6) is -3.25. The molecule has 28 heavy (non-hydrogen) atoms. The largest absolute Gasteiger partial charge is 0.473 e. The Morgan fingerprint density at radius 2 is 1.71 bits per heavy atom. The first-order valence-electron chi connectivity index (χ1n) is 9.06. The molecule has 0 aromatic heterocycles. The van der Waals surface area contributed by atoms with Gasteiger partial charge in [0, 0.05) is 6.04 Å². The van der Waals surface area contributed by atoms with E-state index in [-0.39, 0.29) is 11.9 Å². The first-order chi connectivity index (χ1) is 12.9. The third-order valence-electron chi connectivity index (χ3n) is 4.30. The summed E-state index contributed by atoms with van der Waals surface area (Å²) in [5, 5.41) is 20.7. The second-order valence-corrected chi connectivity index (χ2v) is 7.86. The molecule has 1 aliphatic carbocycles. The highest BCUT2D eigenvalue weighted by atomic mass is 16.6. The maximum Gasteiger partial charge on any atom is 0.414 e. The van der Waals surface area contributed by atoms with E-state index in [1.807, 2.05) is 0 Å². The summed E-state index contributed by atoms with van der Waals surface area (Å²) in [4.78, 5) is 49.3. The maximum absolute atomic E-state index is 12.8. The van der Waals surface area contributed by atoms with Crippen molar-refractivity contribution in [3.05, 3.63) is 0 Å². The van der Waals surface area contributed by atoms with Crippen molar-refractivity contribution in [2.45, 2.75) is 63.6 Å². The molecule has 2 heterocycles. The van der Waals surface area contributed by atoms with Crippen LogP contribution in [0.15, 0.2) is 4.99 Å². The molecule has 1 saturated carbocycles. The number of ether oxygens (including phenoxy) is 1. The lowest BCUT2D eigenvalue weighted by Crippen LogP contribution is -2.51. The minimum atomic E-state index is -1.82. The quantitative estimate of drug-likeness (QED) is 0.455. The third kappa shape index (κ3) is 5.41. The van der Waals surface area contributed by atoms with E-state index < -0.39 is 29.2 Å². The Hall–Kier alpha value is -2.69. The van der Waals surface area contributed by atoms with Gasteiger partial charge in [-0.05, 0) is 59.5 Å². The van der Waals surface area contributed by atoms with Gasteiger partial charge in [0.25, 0.3) is 5.91 Å². The van der Waals surface area contributed by atoms with Crippen LogP contribution < -0.4 is 10.6 Å². The standard InChI is InChI=1S/C15H24N4O3.C2H2O4/c1-14(2,3)22-13(21)17-12-18-15(6-8-16-9-7-15)11(20)19(12)10-4-5-10;3-1(4)2(5)6/h10,16H,4-9H2,1-3H3,(H,17,18,21);(H,3,4)(H,5,6). The first-order valence-corrected chi connectivity index (χ1v) is 9.06. The minimum absolute atomic E-state index is 0.0301. The van der Waals surface area contributed by atoms with Crippen molar-refractivity contribution in [3.63, 3.8) is 0 Å². The molecule has 0 radical (unpaired) electrons. The first kappa shape index (κ1) is 21.6. The van der Waals surface area contributed by atoms with Crippen molar-refractivity contribution in [2.24, 2.45) is 4.99 Å². The van der Waals surface area contributed by atoms with Gasteiger partial charge in [0.2, 0.25) is 5.96 Å². The highest BCUT2D eigenvalue weighted by molar-refractivity contribution is 6.27. The fourth-order valence-electron chi connectivity index (χ4n) is 2.95. The topological polar surface area (TPSA) is 158 Å². The summed E-state index contributed by atoms with van der Waals surface area (Å²) in [5.41, 5.74) is -1.28. The average Bonchev–Trinajstić information content (AvgIpc) is 3.35. The number of carbonyl (C=O) groups excluding carboxylic acids is 2. The lowest BCUT2D eigenvalue weighted by atomic mass is 9.88. The molecule has 2 fully saturated rings. The van der Waals surface area contributed by atoms with Gasteiger partial charge in [0.15, 0.2) is 0 Å². The number of hydrogen-bond donors (Lipinski definition) is 4. The summed E-state index contributed by atoms with van der Waals surface area (Å²) >= 11 is 0. The summed E-state index contributed by atoms with van der Waals surface area (Å²) < 4.78 is 5.28. The number of piperidine rings is 1. The Morgan fingerprint density at radius 3 is 2.14 bits per heavy atom. The van der Waals surface area contributed by atoms with Gasteiger partial charge in [-0.2, -0.15) is 0 Å². The molecule has 0 bridgehead atoms. The molecular weight excluding hydrogens is 372 g/mol. The molecule has 2 aliphatic heterocycles. The van der Waals surface area contributed by atoms with Crippen LogP contribution in [-0.2, 0) is 19.1 Å². The Bertz CT molecular complexity index is 676. The number of hydrogen-bond acceptors (Lipinski definition) is 7. The number of aliphatic imine (C=N–C) groups is 1. The molecule has 0 atom stereocenters. The van der Waals surface area contributed by atoms with E-state index in [0.29, 0.717) is 18.8 Å². The van der Waals surface area contributed by atoms with Gasteiger partial charge < -0.3 is 20.3 Å². The normalized spacial score (nSPS) is 20.8. The van der Waals surface area contributed by atoms with Crippen LogP contribution in [0.3, 0.4) is 0 Å². The van der Waals surface area contributed by atoms with Gasteiger partial charge in [-0.15, -0.1) is 0 Å². The molecule has 1 spiro atoms. The molecule has 0 unspecified atom stereocenters. The lowest BCUT2D eigenvalue weighted by Gasteiger charge is -2.30. The molecule has 11 heteroatoms. The molecule has 2 amide bonds. The molecule has 1 saturated heterocycles. The molecule has 11 nitrogen and oxygen atoms in total. The van der Waals surface area contributed by atoms with Crippen LogP contribution in [0, 0.1) is 0 Å². The van der Waals surface area contributed by atoms with Crippen molar-refractivity contribution in [1.29, 1.82) is 0 Å². The second-order valence-electron chi connectivity index (χ2n) is 7.86. The molecule has 3 rings (SSSR count). The van der Waals surface area contributed by atoms with Crippen molar-refractivity contribution < 1.29 is 34.1 Å². The Kier molecular flexibility index (Phi) is 6.27. The molecule has 0 aromatic rings. The SMILES string of the molecule is CC(C)(C)OC(=O)NC1=NC2(CCNCC2)C(=O)N1C1CC1.O=C(O)C(=O)O. The minimum Gasteiger partial charge on any atom is -0.473 e. The van der Waals surface area contributed by atoms with Gasteiger partial charge in [0.05, 0.1) is 0 Å². The fraction of sp³-hybridized carbons (Fsp3) is 0.706. The highest BCUT2D eigenvalue weighted by Gasteiger charge is 2.53. The van der Waals surface area contributed by atoms with E-state index in [0.717, 1.165) is 25.9 Å². The zero-order chi connectivity index (χ0) is 21.1. The summed E-state index contributed by atoms with van der Waals surface area (Å²) in [6, 6.07) is 0.176. The van der Waals surface area contributed by atoms with Gasteiger partial charge >= 0.3 is 18.0 Å². The molecular formula is C17H26N4O7. The van der Waals surface area contributed by atoms with Crippen molar-refractivity contribution in [1.82, 2.24) is 15.5 Å². The van der Waals surface area contributed by atoms with Crippen LogP contribution in [0.1, 0.15) is 46.5 Å². The van der Waals surface area contributed by atoms with E-state index in [9.17, 15) is 9.59 Å². The monoisotopic (exact) mass is 398 g/mol. The van der Waals surface area contributed by atoms with Crippen molar-refractivity contribution in [3.8, 4) is 0 Å². The Balaban J connectivity index is 0.000000409. The summed E-state index contributed by atoms with van der Waals surface area (Å²) in [7, 11) is 0. The number of nitrogens with zero attached hydrogens (tertiary/aromatic N) is 2. The molecule has 3 aliphatic rings. The van der Waals surface area contributed by atoms with Gasteiger partial charge in [0.1, 0.15) is 11.1 Å². The lowest BCUT2D eigenvalue weighted by molar-refractivity contribution is -0.159. The number of rotatable bonds is 1. The number of amides is 2. The van der Waals surface area contributed by atoms with Gasteiger partial charge in [-0.3, -0.25) is 15.0 Å². The predicted molar refractivity (Wildman–Crippen MR) is 96.8 cm³/mol. The van der Waals surface area contributed by atoms with Crippen molar-refractivity contribution >= 4 is 29.9 Å². The van der Waals surface area contributed by atoms with E-state index in [1.54, 1.807) is 25.7 Å². The van der Waals surface area contributed by atoms with Gasteiger partial charge in [-0.25, -0.2) is 19.4 Å². The number of guanidine groups is 1. The summed E-state index contributed by atoms with van der Waals surface area (Å²) in [6.07, 6.45) is 2.73. The zero-order valence-corrected chi connectivity index (χ0v) is 16.2. The zero-order valence-electron chi connectivity index (χ0n) is 16.2. The van der Waals surface area contributed by atoms with Crippen molar-refractivity contribution in [2.75, 3.05) is 13.1 Å². The number of carboxylic acid groups (broad SMARTS) is 2. The van der Waals surface area contributed by atoms with Crippen LogP contribution in [0.25, 0.3) is 0 Å². The van der Waals surface area contributed by atoms with Crippen LogP contribution in [0.4, 0.5) is 4.79 Å². The van der Waals surface area contributed by atoms with Crippen LogP contribution in [0.2, 0.25) is 0 Å². The van der Waals surface area contributed by atoms with Crippen LogP contribution in [0.5, 0.6) is 0 Å². The number of alkyl carbamates (subject to hydrolysis) is 1. The predicted octanol–water partition coefficient (Wildman–Crippen LogP) is 0.150. The fourth-order valence-corrected chi connectivity index (χ4v) is 2.95. The van der Waals surface area contributed by atoms with E-state index in [4.69, 9.17) is 24.5 Å². The number of carboxylic acids is 2. The van der Waals surface area contributed by atoms with E-state index in [1.165, 1.54) is 0 Å².